The van der Waals surface area contributed by atoms with Crippen molar-refractivity contribution >= 4 is 5.78 Å². The summed E-state index contributed by atoms with van der Waals surface area (Å²) in [4.78, 5) is 11.7. The Morgan fingerprint density at radius 3 is 2.54 bits per heavy atom. The van der Waals surface area contributed by atoms with Crippen molar-refractivity contribution in [1.82, 2.24) is 0 Å². The van der Waals surface area contributed by atoms with Crippen LogP contribution in [0.4, 0.5) is 0 Å². The number of fused-ring (bicyclic) bond motifs is 1. The van der Waals surface area contributed by atoms with Crippen LogP contribution >= 0.6 is 0 Å². The average molecular weight is 175 g/mol. The number of carbonyl (C=O) groups is 1. The predicted molar refractivity (Wildman–Crippen MR) is 51.8 cm³/mol. The standard InChI is InChI=1S/C11H13NO/c1-11(2)8-6-4-3-5-7(8)9(13)10(11)12/h3-6,10H,12H2,1-2H3. The fourth-order valence-electron chi connectivity index (χ4n) is 1.92. The van der Waals surface area contributed by atoms with E-state index in [-0.39, 0.29) is 17.2 Å². The van der Waals surface area contributed by atoms with E-state index in [1.165, 1.54) is 0 Å². The summed E-state index contributed by atoms with van der Waals surface area (Å²) in [5.74, 6) is 0.0700. The molecule has 2 rings (SSSR count). The normalized spacial score (nSPS) is 24.5. The molecule has 0 radical (unpaired) electrons. The Hall–Kier alpha value is -1.15. The predicted octanol–water partition coefficient (Wildman–Crippen LogP) is 1.49. The van der Waals surface area contributed by atoms with Crippen LogP contribution in [0.5, 0.6) is 0 Å². The molecule has 0 fully saturated rings. The molecule has 0 saturated heterocycles. The summed E-state index contributed by atoms with van der Waals surface area (Å²) >= 11 is 0. The van der Waals surface area contributed by atoms with Gasteiger partial charge >= 0.3 is 0 Å². The van der Waals surface area contributed by atoms with Gasteiger partial charge in [-0.1, -0.05) is 38.1 Å². The number of hydrogen-bond acceptors (Lipinski definition) is 2. The molecule has 2 heteroatoms. The number of Topliss-reactive ketones (excluding diaryl/α,β-unsaturated/α-hetero) is 1. The number of rotatable bonds is 0. The van der Waals surface area contributed by atoms with Crippen molar-refractivity contribution in [3.8, 4) is 0 Å². The molecule has 1 atom stereocenters. The van der Waals surface area contributed by atoms with Gasteiger partial charge in [0.15, 0.2) is 5.78 Å². The fourth-order valence-corrected chi connectivity index (χ4v) is 1.92. The van der Waals surface area contributed by atoms with Gasteiger partial charge in [0.05, 0.1) is 6.04 Å². The van der Waals surface area contributed by atoms with Crippen LogP contribution in [0.1, 0.15) is 29.8 Å². The topological polar surface area (TPSA) is 43.1 Å². The maximum Gasteiger partial charge on any atom is 0.180 e. The molecule has 13 heavy (non-hydrogen) atoms. The van der Waals surface area contributed by atoms with Crippen LogP contribution in [0.25, 0.3) is 0 Å². The van der Waals surface area contributed by atoms with Crippen molar-refractivity contribution in [1.29, 1.82) is 0 Å². The smallest absolute Gasteiger partial charge is 0.180 e. The highest BCUT2D eigenvalue weighted by molar-refractivity contribution is 6.06. The zero-order valence-electron chi connectivity index (χ0n) is 7.87. The molecule has 0 saturated carbocycles. The summed E-state index contributed by atoms with van der Waals surface area (Å²) in [5.41, 5.74) is 7.51. The summed E-state index contributed by atoms with van der Waals surface area (Å²) in [6.07, 6.45) is 0. The SMILES string of the molecule is CC1(C)c2ccccc2C(=O)C1N. The lowest BCUT2D eigenvalue weighted by Gasteiger charge is -2.23. The van der Waals surface area contributed by atoms with Crippen molar-refractivity contribution in [3.63, 3.8) is 0 Å². The first-order valence-corrected chi connectivity index (χ1v) is 4.44. The Kier molecular flexibility index (Phi) is 1.57. The maximum absolute atomic E-state index is 11.7. The van der Waals surface area contributed by atoms with Crippen LogP contribution in [-0.4, -0.2) is 11.8 Å². The number of hydrogen-bond donors (Lipinski definition) is 1. The third-order valence-corrected chi connectivity index (χ3v) is 2.95. The monoisotopic (exact) mass is 175 g/mol. The van der Waals surface area contributed by atoms with Gasteiger partial charge in [-0.15, -0.1) is 0 Å². The van der Waals surface area contributed by atoms with Gasteiger partial charge in [0, 0.05) is 11.0 Å². The second-order valence-electron chi connectivity index (χ2n) is 4.11. The molecule has 1 unspecified atom stereocenters. The van der Waals surface area contributed by atoms with Crippen molar-refractivity contribution in [2.24, 2.45) is 5.73 Å². The van der Waals surface area contributed by atoms with E-state index in [2.05, 4.69) is 0 Å². The van der Waals surface area contributed by atoms with E-state index in [4.69, 9.17) is 5.73 Å². The molecular weight excluding hydrogens is 162 g/mol. The molecule has 1 aliphatic carbocycles. The van der Waals surface area contributed by atoms with Crippen molar-refractivity contribution in [2.75, 3.05) is 0 Å². The molecule has 1 aromatic carbocycles. The van der Waals surface area contributed by atoms with Crippen LogP contribution in [0.3, 0.4) is 0 Å². The van der Waals surface area contributed by atoms with E-state index in [1.54, 1.807) is 0 Å². The van der Waals surface area contributed by atoms with Crippen LogP contribution in [0.2, 0.25) is 0 Å². The van der Waals surface area contributed by atoms with Gasteiger partial charge in [-0.25, -0.2) is 0 Å². The number of benzene rings is 1. The minimum atomic E-state index is -0.384. The third-order valence-electron chi connectivity index (χ3n) is 2.95. The largest absolute Gasteiger partial charge is 0.320 e. The third kappa shape index (κ3) is 0.954. The van der Waals surface area contributed by atoms with Crippen molar-refractivity contribution < 1.29 is 4.79 Å². The molecule has 0 heterocycles. The lowest BCUT2D eigenvalue weighted by Crippen LogP contribution is -2.40. The summed E-state index contributed by atoms with van der Waals surface area (Å²) in [6, 6.07) is 7.29. The summed E-state index contributed by atoms with van der Waals surface area (Å²) < 4.78 is 0. The zero-order valence-corrected chi connectivity index (χ0v) is 7.87. The molecule has 68 valence electrons. The van der Waals surface area contributed by atoms with Crippen molar-refractivity contribution in [2.45, 2.75) is 25.3 Å². The molecule has 0 amide bonds. The molecule has 1 aromatic rings. The van der Waals surface area contributed by atoms with Gasteiger partial charge < -0.3 is 5.73 Å². The lowest BCUT2D eigenvalue weighted by molar-refractivity contribution is 0.0953. The maximum atomic E-state index is 11.7. The number of nitrogens with two attached hydrogens (primary N) is 1. The van der Waals surface area contributed by atoms with Gasteiger partial charge in [0.1, 0.15) is 0 Å². The van der Waals surface area contributed by atoms with Gasteiger partial charge in [-0.2, -0.15) is 0 Å². The van der Waals surface area contributed by atoms with Crippen LogP contribution in [-0.2, 0) is 5.41 Å². The zero-order chi connectivity index (χ0) is 9.64. The first-order valence-electron chi connectivity index (χ1n) is 4.44. The molecule has 1 aliphatic rings. The number of ketones is 1. The van der Waals surface area contributed by atoms with Crippen LogP contribution < -0.4 is 5.73 Å². The van der Waals surface area contributed by atoms with Gasteiger partial charge in [0.2, 0.25) is 0 Å². The molecule has 2 N–H and O–H groups in total. The van der Waals surface area contributed by atoms with E-state index in [0.717, 1.165) is 11.1 Å². The number of carbonyl (C=O) groups excluding carboxylic acids is 1. The first kappa shape index (κ1) is 8.45. The Bertz CT molecular complexity index is 368. The quantitative estimate of drug-likeness (QED) is 0.649. The van der Waals surface area contributed by atoms with Crippen LogP contribution in [0, 0.1) is 0 Å². The Morgan fingerprint density at radius 1 is 1.31 bits per heavy atom. The highest BCUT2D eigenvalue weighted by Crippen LogP contribution is 2.36. The summed E-state index contributed by atoms with van der Waals surface area (Å²) in [5, 5.41) is 0. The second-order valence-corrected chi connectivity index (χ2v) is 4.11. The van der Waals surface area contributed by atoms with Gasteiger partial charge in [-0.3, -0.25) is 4.79 Å². The highest BCUT2D eigenvalue weighted by Gasteiger charge is 2.42. The van der Waals surface area contributed by atoms with E-state index in [0.29, 0.717) is 0 Å². The van der Waals surface area contributed by atoms with E-state index >= 15 is 0 Å². The van der Waals surface area contributed by atoms with E-state index < -0.39 is 0 Å². The highest BCUT2D eigenvalue weighted by atomic mass is 16.1. The minimum Gasteiger partial charge on any atom is -0.320 e. The van der Waals surface area contributed by atoms with Crippen molar-refractivity contribution in [3.05, 3.63) is 35.4 Å². The minimum absolute atomic E-state index is 0.0700. The Labute approximate surface area is 77.8 Å². The average Bonchev–Trinajstić information content (AvgIpc) is 2.30. The molecule has 0 spiro atoms. The molecule has 0 aliphatic heterocycles. The van der Waals surface area contributed by atoms with Gasteiger partial charge in [-0.05, 0) is 5.56 Å². The van der Waals surface area contributed by atoms with E-state index in [9.17, 15) is 4.79 Å². The second kappa shape index (κ2) is 2.42. The molecular formula is C11H13NO. The Balaban J connectivity index is 2.68. The molecule has 0 aromatic heterocycles. The van der Waals surface area contributed by atoms with Crippen LogP contribution in [0.15, 0.2) is 24.3 Å². The van der Waals surface area contributed by atoms with E-state index in [1.807, 2.05) is 38.1 Å². The summed E-state index contributed by atoms with van der Waals surface area (Å²) in [7, 11) is 0. The lowest BCUT2D eigenvalue weighted by atomic mass is 9.83. The summed E-state index contributed by atoms with van der Waals surface area (Å²) in [6.45, 7) is 4.03. The Morgan fingerprint density at radius 2 is 1.92 bits per heavy atom. The van der Waals surface area contributed by atoms with Gasteiger partial charge in [0.25, 0.3) is 0 Å². The molecule has 0 bridgehead atoms. The first-order chi connectivity index (χ1) is 6.05. The fraction of sp³-hybridized carbons (Fsp3) is 0.364. The molecule has 2 nitrogen and oxygen atoms in total.